The van der Waals surface area contributed by atoms with Crippen molar-refractivity contribution in [1.82, 2.24) is 16.0 Å². The van der Waals surface area contributed by atoms with Crippen LogP contribution in [0.3, 0.4) is 0 Å². The van der Waals surface area contributed by atoms with Gasteiger partial charge in [-0.25, -0.2) is 0 Å². The van der Waals surface area contributed by atoms with Gasteiger partial charge in [0.15, 0.2) is 5.96 Å². The third-order valence-corrected chi connectivity index (χ3v) is 7.14. The predicted molar refractivity (Wildman–Crippen MR) is 153 cm³/mol. The van der Waals surface area contributed by atoms with Gasteiger partial charge in [0.05, 0.1) is 16.2 Å². The number of nitrogens with two attached hydrogens (primary N) is 3. The van der Waals surface area contributed by atoms with Gasteiger partial charge >= 0.3 is 0 Å². The standard InChI is InChI=1S/C23H34IN9O6/c1-3-11(2)17-22(37)31-16(5-4-7-29-23(26)27)21(36)30-15(19(25)34)6-8-28-18-13(20(35)32-17)9-12(33(38)39)10-14(18)24/h9-11,15-17,28H,3-8H2,1-2H3,(H2,25,34)(H,30,36)(H,31,37)(H,32,35)(H4,26,27,29)/t11-,15?,16-,17?/m0/s1. The molecule has 2 unspecified atom stereocenters. The number of fused-ring (bicyclic) bond motifs is 1. The third kappa shape index (κ3) is 8.93. The lowest BCUT2D eigenvalue weighted by atomic mass is 9.96. The summed E-state index contributed by atoms with van der Waals surface area (Å²) in [7, 11) is 0. The van der Waals surface area contributed by atoms with Crippen molar-refractivity contribution in [2.24, 2.45) is 28.1 Å². The maximum absolute atomic E-state index is 13.4. The number of hydrogen-bond donors (Lipinski definition) is 7. The first-order valence-corrected chi connectivity index (χ1v) is 13.4. The summed E-state index contributed by atoms with van der Waals surface area (Å²) >= 11 is 1.86. The minimum Gasteiger partial charge on any atom is -0.383 e. The smallest absolute Gasteiger partial charge is 0.271 e. The molecule has 4 atom stereocenters. The molecule has 16 heteroatoms. The number of halogens is 1. The van der Waals surface area contributed by atoms with Gasteiger partial charge in [-0.15, -0.1) is 0 Å². The fourth-order valence-electron chi connectivity index (χ4n) is 3.91. The second-order valence-corrected chi connectivity index (χ2v) is 10.3. The minimum absolute atomic E-state index is 0.0410. The maximum Gasteiger partial charge on any atom is 0.271 e. The number of carbonyl (C=O) groups is 4. The number of amides is 4. The lowest BCUT2D eigenvalue weighted by Gasteiger charge is -2.28. The van der Waals surface area contributed by atoms with Crippen LogP contribution in [-0.2, 0) is 14.4 Å². The molecule has 1 aliphatic rings. The first kappa shape index (κ1) is 31.5. The molecule has 2 rings (SSSR count). The third-order valence-electron chi connectivity index (χ3n) is 6.29. The minimum atomic E-state index is -1.09. The average molecular weight is 659 g/mol. The summed E-state index contributed by atoms with van der Waals surface area (Å²) in [5, 5.41) is 22.4. The van der Waals surface area contributed by atoms with E-state index in [0.717, 1.165) is 6.07 Å². The van der Waals surface area contributed by atoms with Crippen molar-refractivity contribution in [2.45, 2.75) is 57.7 Å². The van der Waals surface area contributed by atoms with E-state index in [1.807, 2.05) is 29.5 Å². The molecule has 15 nitrogen and oxygen atoms in total. The molecule has 39 heavy (non-hydrogen) atoms. The number of aliphatic imine (C=N–C) groups is 1. The fraction of sp³-hybridized carbons (Fsp3) is 0.522. The summed E-state index contributed by atoms with van der Waals surface area (Å²) in [6.45, 7) is 3.87. The second kappa shape index (κ2) is 14.5. The summed E-state index contributed by atoms with van der Waals surface area (Å²) in [4.78, 5) is 66.8. The van der Waals surface area contributed by atoms with E-state index in [0.29, 0.717) is 16.4 Å². The number of rotatable bonds is 8. The number of non-ortho nitro benzene ring substituents is 1. The Labute approximate surface area is 238 Å². The number of benzene rings is 1. The van der Waals surface area contributed by atoms with Gasteiger partial charge in [-0.2, -0.15) is 0 Å². The number of hydrogen-bond acceptors (Lipinski definition) is 8. The molecule has 0 fully saturated rings. The van der Waals surface area contributed by atoms with Gasteiger partial charge in [-0.1, -0.05) is 20.3 Å². The van der Waals surface area contributed by atoms with E-state index >= 15 is 0 Å². The average Bonchev–Trinajstić information content (AvgIpc) is 2.87. The Bertz CT molecular complexity index is 1140. The van der Waals surface area contributed by atoms with Gasteiger partial charge in [0.25, 0.3) is 11.6 Å². The fourth-order valence-corrected chi connectivity index (χ4v) is 4.71. The lowest BCUT2D eigenvalue weighted by molar-refractivity contribution is -0.384. The second-order valence-electron chi connectivity index (χ2n) is 9.13. The molecule has 0 saturated heterocycles. The van der Waals surface area contributed by atoms with Crippen molar-refractivity contribution in [3.8, 4) is 0 Å². The first-order chi connectivity index (χ1) is 18.3. The van der Waals surface area contributed by atoms with Crippen LogP contribution in [0.15, 0.2) is 17.1 Å². The largest absolute Gasteiger partial charge is 0.383 e. The molecule has 1 heterocycles. The Balaban J connectivity index is 2.53. The first-order valence-electron chi connectivity index (χ1n) is 12.3. The van der Waals surface area contributed by atoms with Crippen molar-refractivity contribution in [1.29, 1.82) is 0 Å². The van der Waals surface area contributed by atoms with E-state index < -0.39 is 46.7 Å². The Morgan fingerprint density at radius 1 is 1.18 bits per heavy atom. The highest BCUT2D eigenvalue weighted by Gasteiger charge is 2.33. The van der Waals surface area contributed by atoms with Crippen LogP contribution in [0.5, 0.6) is 0 Å². The van der Waals surface area contributed by atoms with Crippen molar-refractivity contribution in [3.05, 3.63) is 31.4 Å². The SMILES string of the molecule is CC[C@H](C)C1NC(=O)c2cc([N+](=O)[O-])cc(I)c2NCCC(C(N)=O)NC(=O)[C@H](CCCN=C(N)N)NC1=O. The van der Waals surface area contributed by atoms with Crippen LogP contribution >= 0.6 is 22.6 Å². The monoisotopic (exact) mass is 659 g/mol. The number of guanidine groups is 1. The van der Waals surface area contributed by atoms with Crippen molar-refractivity contribution >= 4 is 63.6 Å². The summed E-state index contributed by atoms with van der Waals surface area (Å²) in [6, 6.07) is -0.834. The van der Waals surface area contributed by atoms with Crippen LogP contribution in [0.2, 0.25) is 0 Å². The number of primary amides is 1. The molecule has 1 aliphatic heterocycles. The molecule has 0 bridgehead atoms. The molecular weight excluding hydrogens is 625 g/mol. The molecule has 10 N–H and O–H groups in total. The zero-order valence-electron chi connectivity index (χ0n) is 21.7. The zero-order valence-corrected chi connectivity index (χ0v) is 23.8. The van der Waals surface area contributed by atoms with Crippen LogP contribution in [-0.4, -0.2) is 65.7 Å². The molecule has 1 aromatic rings. The molecule has 214 valence electrons. The Morgan fingerprint density at radius 3 is 2.46 bits per heavy atom. The van der Waals surface area contributed by atoms with Gasteiger partial charge in [0.2, 0.25) is 17.7 Å². The predicted octanol–water partition coefficient (Wildman–Crippen LogP) is -0.332. The van der Waals surface area contributed by atoms with Gasteiger partial charge < -0.3 is 38.5 Å². The lowest BCUT2D eigenvalue weighted by Crippen LogP contribution is -2.58. The molecule has 0 saturated carbocycles. The Kier molecular flexibility index (Phi) is 11.7. The Morgan fingerprint density at radius 2 is 1.87 bits per heavy atom. The van der Waals surface area contributed by atoms with Crippen LogP contribution in [0, 0.1) is 19.6 Å². The molecule has 0 aliphatic carbocycles. The van der Waals surface area contributed by atoms with E-state index in [1.54, 1.807) is 6.92 Å². The Hall–Kier alpha value is -3.70. The number of nitrogens with one attached hydrogen (secondary N) is 4. The van der Waals surface area contributed by atoms with E-state index in [4.69, 9.17) is 17.2 Å². The van der Waals surface area contributed by atoms with Gasteiger partial charge in [0.1, 0.15) is 18.1 Å². The number of anilines is 1. The topological polar surface area (TPSA) is 250 Å². The summed E-state index contributed by atoms with van der Waals surface area (Å²) in [6.07, 6.45) is 1.00. The van der Waals surface area contributed by atoms with E-state index in [-0.39, 0.29) is 54.7 Å². The van der Waals surface area contributed by atoms with Crippen LogP contribution < -0.4 is 38.5 Å². The number of nitro groups is 1. The quantitative estimate of drug-likeness (QED) is 0.0481. The van der Waals surface area contributed by atoms with Crippen LogP contribution in [0.4, 0.5) is 11.4 Å². The van der Waals surface area contributed by atoms with E-state index in [2.05, 4.69) is 26.3 Å². The van der Waals surface area contributed by atoms with Crippen molar-refractivity contribution in [3.63, 3.8) is 0 Å². The molecular formula is C23H34IN9O6. The molecule has 4 amide bonds. The van der Waals surface area contributed by atoms with Gasteiger partial charge in [-0.3, -0.25) is 34.3 Å². The number of nitrogens with zero attached hydrogens (tertiary/aromatic N) is 2. The summed E-state index contributed by atoms with van der Waals surface area (Å²) < 4.78 is 0.379. The van der Waals surface area contributed by atoms with Crippen molar-refractivity contribution in [2.75, 3.05) is 18.4 Å². The van der Waals surface area contributed by atoms with Gasteiger partial charge in [-0.05, 0) is 47.8 Å². The maximum atomic E-state index is 13.4. The highest BCUT2D eigenvalue weighted by molar-refractivity contribution is 14.1. The van der Waals surface area contributed by atoms with Gasteiger partial charge in [0, 0.05) is 28.8 Å². The molecule has 0 radical (unpaired) electrons. The van der Waals surface area contributed by atoms with E-state index in [9.17, 15) is 29.3 Å². The van der Waals surface area contributed by atoms with Crippen LogP contribution in [0.25, 0.3) is 0 Å². The summed E-state index contributed by atoms with van der Waals surface area (Å²) in [5.74, 6) is -3.26. The molecule has 0 spiro atoms. The normalized spacial score (nSPS) is 21.1. The number of nitro benzene ring substituents is 1. The highest BCUT2D eigenvalue weighted by atomic mass is 127. The van der Waals surface area contributed by atoms with E-state index in [1.165, 1.54) is 6.07 Å². The molecule has 1 aromatic carbocycles. The van der Waals surface area contributed by atoms with Crippen molar-refractivity contribution < 1.29 is 24.1 Å². The number of carbonyl (C=O) groups excluding carboxylic acids is 4. The molecule has 0 aromatic heterocycles. The summed E-state index contributed by atoms with van der Waals surface area (Å²) in [5.41, 5.74) is 16.2. The zero-order chi connectivity index (χ0) is 29.3. The highest BCUT2D eigenvalue weighted by Crippen LogP contribution is 2.29. The van der Waals surface area contributed by atoms with Crippen LogP contribution in [0.1, 0.15) is 49.9 Å².